The van der Waals surface area contributed by atoms with Gasteiger partial charge in [-0.05, 0) is 18.2 Å². The number of nitrogens with zero attached hydrogens (tertiary/aromatic N) is 1. The van der Waals surface area contributed by atoms with Crippen LogP contribution in [0.4, 0.5) is 0 Å². The van der Waals surface area contributed by atoms with Crippen molar-refractivity contribution in [2.45, 2.75) is 0 Å². The lowest BCUT2D eigenvalue weighted by molar-refractivity contribution is 0.103. The third-order valence-electron chi connectivity index (χ3n) is 1.90. The summed E-state index contributed by atoms with van der Waals surface area (Å²) in [7, 11) is 0. The van der Waals surface area contributed by atoms with E-state index >= 15 is 0 Å². The maximum atomic E-state index is 11.8. The van der Waals surface area contributed by atoms with E-state index in [1.54, 1.807) is 18.3 Å². The van der Waals surface area contributed by atoms with E-state index in [0.29, 0.717) is 15.6 Å². The number of imidazole rings is 1. The first-order valence-corrected chi connectivity index (χ1v) is 4.93. The minimum absolute atomic E-state index is 0.210. The SMILES string of the molecule is O=C(c1ccc(Cl)c(Cl)c1)c1ncc[nH]1. The van der Waals surface area contributed by atoms with Crippen molar-refractivity contribution in [2.24, 2.45) is 0 Å². The van der Waals surface area contributed by atoms with Crippen LogP contribution in [0.1, 0.15) is 16.2 Å². The van der Waals surface area contributed by atoms with Crippen molar-refractivity contribution >= 4 is 29.0 Å². The van der Waals surface area contributed by atoms with Crippen molar-refractivity contribution in [1.82, 2.24) is 9.97 Å². The van der Waals surface area contributed by atoms with Gasteiger partial charge in [-0.25, -0.2) is 4.98 Å². The molecule has 0 saturated carbocycles. The molecule has 76 valence electrons. The number of carbonyl (C=O) groups excluding carboxylic acids is 1. The van der Waals surface area contributed by atoms with Gasteiger partial charge in [-0.2, -0.15) is 0 Å². The summed E-state index contributed by atoms with van der Waals surface area (Å²) in [5.74, 6) is 0.0759. The molecule has 0 radical (unpaired) electrons. The Hall–Kier alpha value is -1.32. The Labute approximate surface area is 96.1 Å². The number of halogens is 2. The van der Waals surface area contributed by atoms with Crippen molar-refractivity contribution < 1.29 is 4.79 Å². The topological polar surface area (TPSA) is 45.8 Å². The second-order valence-corrected chi connectivity index (χ2v) is 3.71. The third-order valence-corrected chi connectivity index (χ3v) is 2.63. The Morgan fingerprint density at radius 2 is 2.07 bits per heavy atom. The van der Waals surface area contributed by atoms with Crippen LogP contribution in [0.25, 0.3) is 0 Å². The highest BCUT2D eigenvalue weighted by molar-refractivity contribution is 6.42. The van der Waals surface area contributed by atoms with Crippen molar-refractivity contribution in [3.05, 3.63) is 52.0 Å². The van der Waals surface area contributed by atoms with E-state index in [9.17, 15) is 4.79 Å². The second kappa shape index (κ2) is 4.04. The largest absolute Gasteiger partial charge is 0.342 e. The van der Waals surface area contributed by atoms with Gasteiger partial charge in [0.05, 0.1) is 10.0 Å². The van der Waals surface area contributed by atoms with Crippen molar-refractivity contribution in [3.8, 4) is 0 Å². The van der Waals surface area contributed by atoms with Gasteiger partial charge in [0.25, 0.3) is 0 Å². The summed E-state index contributed by atoms with van der Waals surface area (Å²) in [5, 5.41) is 0.779. The number of carbonyl (C=O) groups is 1. The molecule has 0 aliphatic heterocycles. The van der Waals surface area contributed by atoms with Crippen molar-refractivity contribution in [2.75, 3.05) is 0 Å². The molecule has 0 amide bonds. The number of nitrogens with one attached hydrogen (secondary N) is 1. The monoisotopic (exact) mass is 240 g/mol. The van der Waals surface area contributed by atoms with E-state index in [0.717, 1.165) is 0 Å². The Morgan fingerprint density at radius 1 is 1.27 bits per heavy atom. The van der Waals surface area contributed by atoms with Crippen molar-refractivity contribution in [1.29, 1.82) is 0 Å². The van der Waals surface area contributed by atoms with Crippen LogP contribution in [-0.4, -0.2) is 15.8 Å². The van der Waals surface area contributed by atoms with Gasteiger partial charge in [0, 0.05) is 18.0 Å². The molecule has 15 heavy (non-hydrogen) atoms. The van der Waals surface area contributed by atoms with E-state index < -0.39 is 0 Å². The molecule has 2 rings (SSSR count). The zero-order valence-corrected chi connectivity index (χ0v) is 9.01. The normalized spacial score (nSPS) is 10.3. The Kier molecular flexibility index (Phi) is 2.75. The van der Waals surface area contributed by atoms with E-state index in [1.807, 2.05) is 0 Å². The molecule has 0 spiro atoms. The van der Waals surface area contributed by atoms with Gasteiger partial charge < -0.3 is 4.98 Å². The van der Waals surface area contributed by atoms with Gasteiger partial charge in [0.1, 0.15) is 0 Å². The number of hydrogen-bond donors (Lipinski definition) is 1. The maximum absolute atomic E-state index is 11.8. The van der Waals surface area contributed by atoms with Crippen LogP contribution in [0.15, 0.2) is 30.6 Å². The predicted molar refractivity (Wildman–Crippen MR) is 58.5 cm³/mol. The third kappa shape index (κ3) is 2.03. The molecular weight excluding hydrogens is 235 g/mol. The standard InChI is InChI=1S/C10H6Cl2N2O/c11-7-2-1-6(5-8(7)12)9(15)10-13-3-4-14-10/h1-5H,(H,13,14). The number of benzene rings is 1. The highest BCUT2D eigenvalue weighted by atomic mass is 35.5. The highest BCUT2D eigenvalue weighted by Crippen LogP contribution is 2.23. The molecule has 0 bridgehead atoms. The summed E-state index contributed by atoms with van der Waals surface area (Å²) in [4.78, 5) is 18.4. The van der Waals surface area contributed by atoms with Crippen LogP contribution in [0.5, 0.6) is 0 Å². The summed E-state index contributed by atoms with van der Waals surface area (Å²) < 4.78 is 0. The molecule has 1 aromatic carbocycles. The summed E-state index contributed by atoms with van der Waals surface area (Å²) in [5.41, 5.74) is 0.458. The molecule has 0 aliphatic carbocycles. The molecular formula is C10H6Cl2N2O. The summed E-state index contributed by atoms with van der Waals surface area (Å²) in [6, 6.07) is 4.72. The van der Waals surface area contributed by atoms with E-state index in [-0.39, 0.29) is 11.6 Å². The molecule has 0 atom stereocenters. The smallest absolute Gasteiger partial charge is 0.228 e. The molecule has 0 aliphatic rings. The minimum atomic E-state index is -0.210. The van der Waals surface area contributed by atoms with Crippen LogP contribution in [-0.2, 0) is 0 Å². The molecule has 1 N–H and O–H groups in total. The molecule has 0 unspecified atom stereocenters. The minimum Gasteiger partial charge on any atom is -0.342 e. The number of ketones is 1. The van der Waals surface area contributed by atoms with E-state index in [1.165, 1.54) is 12.3 Å². The summed E-state index contributed by atoms with van der Waals surface area (Å²) in [6.07, 6.45) is 3.11. The Morgan fingerprint density at radius 3 is 2.67 bits per heavy atom. The zero-order chi connectivity index (χ0) is 10.8. The summed E-state index contributed by atoms with van der Waals surface area (Å²) in [6.45, 7) is 0. The average molecular weight is 241 g/mol. The van der Waals surface area contributed by atoms with Gasteiger partial charge in [0.15, 0.2) is 5.82 Å². The van der Waals surface area contributed by atoms with Crippen molar-refractivity contribution in [3.63, 3.8) is 0 Å². The Balaban J connectivity index is 2.39. The van der Waals surface area contributed by atoms with Crippen LogP contribution >= 0.6 is 23.2 Å². The fourth-order valence-corrected chi connectivity index (χ4v) is 1.46. The van der Waals surface area contributed by atoms with Gasteiger partial charge in [-0.1, -0.05) is 23.2 Å². The lowest BCUT2D eigenvalue weighted by Crippen LogP contribution is -2.03. The number of aromatic nitrogens is 2. The van der Waals surface area contributed by atoms with Crippen LogP contribution < -0.4 is 0 Å². The van der Waals surface area contributed by atoms with Gasteiger partial charge >= 0.3 is 0 Å². The lowest BCUT2D eigenvalue weighted by atomic mass is 10.1. The second-order valence-electron chi connectivity index (χ2n) is 2.90. The Bertz CT molecular complexity index is 494. The van der Waals surface area contributed by atoms with Gasteiger partial charge in [-0.3, -0.25) is 4.79 Å². The fourth-order valence-electron chi connectivity index (χ4n) is 1.16. The predicted octanol–water partition coefficient (Wildman–Crippen LogP) is 2.95. The molecule has 1 aromatic heterocycles. The first kappa shape index (κ1) is 10.2. The summed E-state index contributed by atoms with van der Waals surface area (Å²) >= 11 is 11.5. The first-order chi connectivity index (χ1) is 7.18. The number of hydrogen-bond acceptors (Lipinski definition) is 2. The van der Waals surface area contributed by atoms with Gasteiger partial charge in [-0.15, -0.1) is 0 Å². The number of rotatable bonds is 2. The van der Waals surface area contributed by atoms with Crippen LogP contribution in [0.3, 0.4) is 0 Å². The number of H-pyrrole nitrogens is 1. The average Bonchev–Trinajstić information content (AvgIpc) is 2.74. The first-order valence-electron chi connectivity index (χ1n) is 4.17. The highest BCUT2D eigenvalue weighted by Gasteiger charge is 2.12. The molecule has 5 heteroatoms. The number of aromatic amines is 1. The quantitative estimate of drug-likeness (QED) is 0.821. The molecule has 0 fully saturated rings. The van der Waals surface area contributed by atoms with E-state index in [2.05, 4.69) is 9.97 Å². The molecule has 3 nitrogen and oxygen atoms in total. The van der Waals surface area contributed by atoms with Gasteiger partial charge in [0.2, 0.25) is 5.78 Å². The maximum Gasteiger partial charge on any atom is 0.228 e. The van der Waals surface area contributed by atoms with Crippen LogP contribution in [0, 0.1) is 0 Å². The fraction of sp³-hybridized carbons (Fsp3) is 0. The van der Waals surface area contributed by atoms with E-state index in [4.69, 9.17) is 23.2 Å². The molecule has 2 aromatic rings. The molecule has 1 heterocycles. The lowest BCUT2D eigenvalue weighted by Gasteiger charge is -1.99. The van der Waals surface area contributed by atoms with Crippen LogP contribution in [0.2, 0.25) is 10.0 Å². The zero-order valence-electron chi connectivity index (χ0n) is 7.50. The molecule has 0 saturated heterocycles.